The van der Waals surface area contributed by atoms with Crippen LogP contribution in [0.1, 0.15) is 12.5 Å². The zero-order valence-electron chi connectivity index (χ0n) is 11.1. The lowest BCUT2D eigenvalue weighted by atomic mass is 10.2. The van der Waals surface area contributed by atoms with Crippen molar-refractivity contribution in [2.75, 3.05) is 13.6 Å². The highest BCUT2D eigenvalue weighted by Crippen LogP contribution is 2.20. The molecule has 0 saturated carbocycles. The molecule has 1 unspecified atom stereocenters. The smallest absolute Gasteiger partial charge is 0.243 e. The summed E-state index contributed by atoms with van der Waals surface area (Å²) in [5, 5.41) is 0. The topological polar surface area (TPSA) is 63.4 Å². The molecule has 0 fully saturated rings. The second-order valence-corrected chi connectivity index (χ2v) is 6.98. The van der Waals surface area contributed by atoms with Crippen LogP contribution >= 0.6 is 12.2 Å². The molecule has 0 bridgehead atoms. The molecule has 1 aromatic carbocycles. The third-order valence-electron chi connectivity index (χ3n) is 2.84. The van der Waals surface area contributed by atoms with E-state index >= 15 is 0 Å². The molecule has 0 amide bonds. The molecule has 0 saturated heterocycles. The molecule has 1 rings (SSSR count). The van der Waals surface area contributed by atoms with Crippen LogP contribution in [0.4, 0.5) is 4.39 Å². The lowest BCUT2D eigenvalue weighted by Gasteiger charge is -2.21. The molecular formula is C12H17FN2O2S2. The van der Waals surface area contributed by atoms with Crippen molar-refractivity contribution in [1.29, 1.82) is 0 Å². The molecule has 19 heavy (non-hydrogen) atoms. The fourth-order valence-electron chi connectivity index (χ4n) is 1.64. The van der Waals surface area contributed by atoms with Crippen molar-refractivity contribution < 1.29 is 12.8 Å². The van der Waals surface area contributed by atoms with Crippen LogP contribution < -0.4 is 5.73 Å². The zero-order chi connectivity index (χ0) is 14.8. The molecular weight excluding hydrogens is 287 g/mol. The van der Waals surface area contributed by atoms with E-state index in [4.69, 9.17) is 18.0 Å². The summed E-state index contributed by atoms with van der Waals surface area (Å²) < 4.78 is 38.9. The Balaban J connectivity index is 3.06. The van der Waals surface area contributed by atoms with Gasteiger partial charge in [0.25, 0.3) is 0 Å². The first-order chi connectivity index (χ1) is 8.66. The summed E-state index contributed by atoms with van der Waals surface area (Å²) in [7, 11) is -2.21. The lowest BCUT2D eigenvalue weighted by molar-refractivity contribution is 0.445. The van der Waals surface area contributed by atoms with Crippen molar-refractivity contribution in [3.05, 3.63) is 29.6 Å². The van der Waals surface area contributed by atoms with E-state index in [1.54, 1.807) is 13.8 Å². The molecule has 0 spiro atoms. The Hall–Kier alpha value is -1.05. The molecule has 0 aromatic heterocycles. The Bertz CT molecular complexity index is 587. The van der Waals surface area contributed by atoms with Crippen LogP contribution in [0.25, 0.3) is 0 Å². The SMILES string of the molecule is Cc1cc(F)ccc1S(=O)(=O)N(C)CC(C)C(N)=S. The Morgan fingerprint density at radius 1 is 1.53 bits per heavy atom. The first-order valence-electron chi connectivity index (χ1n) is 5.68. The molecule has 1 aromatic rings. The predicted molar refractivity (Wildman–Crippen MR) is 76.9 cm³/mol. The van der Waals surface area contributed by atoms with Crippen LogP contribution in [0, 0.1) is 18.7 Å². The number of halogens is 1. The van der Waals surface area contributed by atoms with Crippen molar-refractivity contribution in [3.8, 4) is 0 Å². The van der Waals surface area contributed by atoms with Gasteiger partial charge in [0, 0.05) is 19.5 Å². The number of thiocarbonyl (C=S) groups is 1. The van der Waals surface area contributed by atoms with E-state index in [1.807, 2.05) is 0 Å². The van der Waals surface area contributed by atoms with E-state index < -0.39 is 15.8 Å². The quantitative estimate of drug-likeness (QED) is 0.841. The van der Waals surface area contributed by atoms with Crippen LogP contribution in [0.15, 0.2) is 23.1 Å². The summed E-state index contributed by atoms with van der Waals surface area (Å²) in [5.74, 6) is -0.689. The van der Waals surface area contributed by atoms with Gasteiger partial charge in [0.1, 0.15) is 5.82 Å². The van der Waals surface area contributed by atoms with Crippen molar-refractivity contribution >= 4 is 27.2 Å². The van der Waals surface area contributed by atoms with E-state index in [0.29, 0.717) is 5.56 Å². The fourth-order valence-corrected chi connectivity index (χ4v) is 3.18. The van der Waals surface area contributed by atoms with E-state index in [0.717, 1.165) is 6.07 Å². The number of hydrogen-bond donors (Lipinski definition) is 1. The number of aryl methyl sites for hydroxylation is 1. The summed E-state index contributed by atoms with van der Waals surface area (Å²) in [6.07, 6.45) is 0. The number of hydrogen-bond acceptors (Lipinski definition) is 3. The average Bonchev–Trinajstić information content (AvgIpc) is 2.27. The van der Waals surface area contributed by atoms with Gasteiger partial charge in [-0.2, -0.15) is 0 Å². The van der Waals surface area contributed by atoms with Crippen LogP contribution in [0.3, 0.4) is 0 Å². The Kier molecular flexibility index (Phi) is 5.00. The second-order valence-electron chi connectivity index (χ2n) is 4.50. The summed E-state index contributed by atoms with van der Waals surface area (Å²) in [6.45, 7) is 3.50. The van der Waals surface area contributed by atoms with Gasteiger partial charge in [-0.1, -0.05) is 19.1 Å². The largest absolute Gasteiger partial charge is 0.393 e. The molecule has 106 valence electrons. The second kappa shape index (κ2) is 5.94. The van der Waals surface area contributed by atoms with Gasteiger partial charge < -0.3 is 5.73 Å². The van der Waals surface area contributed by atoms with Gasteiger partial charge in [0.2, 0.25) is 10.0 Å². The average molecular weight is 304 g/mol. The standard InChI is InChI=1S/C12H17FN2O2S2/c1-8-6-10(13)4-5-11(8)19(16,17)15(3)7-9(2)12(14)18/h4-6,9H,7H2,1-3H3,(H2,14,18). The first kappa shape index (κ1) is 16.0. The minimum absolute atomic E-state index is 0.0894. The zero-order valence-corrected chi connectivity index (χ0v) is 12.7. The highest BCUT2D eigenvalue weighted by atomic mass is 32.2. The third-order valence-corrected chi connectivity index (χ3v) is 5.23. The molecule has 2 N–H and O–H groups in total. The van der Waals surface area contributed by atoms with Gasteiger partial charge >= 0.3 is 0 Å². The fraction of sp³-hybridized carbons (Fsp3) is 0.417. The van der Waals surface area contributed by atoms with Gasteiger partial charge in [-0.3, -0.25) is 0 Å². The highest BCUT2D eigenvalue weighted by molar-refractivity contribution is 7.89. The van der Waals surface area contributed by atoms with Crippen LogP contribution in [0.5, 0.6) is 0 Å². The molecule has 0 aliphatic heterocycles. The maximum Gasteiger partial charge on any atom is 0.243 e. The number of benzene rings is 1. The number of nitrogens with two attached hydrogens (primary N) is 1. The third kappa shape index (κ3) is 3.71. The number of nitrogens with zero attached hydrogens (tertiary/aromatic N) is 1. The lowest BCUT2D eigenvalue weighted by Crippen LogP contribution is -2.35. The van der Waals surface area contributed by atoms with Crippen molar-refractivity contribution in [3.63, 3.8) is 0 Å². The maximum absolute atomic E-state index is 13.0. The summed E-state index contributed by atoms with van der Waals surface area (Å²) in [4.78, 5) is 0.351. The van der Waals surface area contributed by atoms with E-state index in [9.17, 15) is 12.8 Å². The van der Waals surface area contributed by atoms with Gasteiger partial charge in [-0.15, -0.1) is 0 Å². The predicted octanol–water partition coefficient (Wildman–Crippen LogP) is 1.68. The minimum atomic E-state index is -3.66. The van der Waals surface area contributed by atoms with E-state index in [2.05, 4.69) is 0 Å². The Morgan fingerprint density at radius 3 is 2.58 bits per heavy atom. The number of sulfonamides is 1. The summed E-state index contributed by atoms with van der Waals surface area (Å²) >= 11 is 4.83. The Morgan fingerprint density at radius 2 is 2.11 bits per heavy atom. The Labute approximate surface area is 118 Å². The molecule has 4 nitrogen and oxygen atoms in total. The normalized spacial score (nSPS) is 13.5. The van der Waals surface area contributed by atoms with Crippen LogP contribution in [-0.4, -0.2) is 31.3 Å². The van der Waals surface area contributed by atoms with Gasteiger partial charge in [0.05, 0.1) is 9.88 Å². The number of rotatable bonds is 5. The van der Waals surface area contributed by atoms with Crippen molar-refractivity contribution in [2.24, 2.45) is 11.7 Å². The monoisotopic (exact) mass is 304 g/mol. The van der Waals surface area contributed by atoms with Crippen molar-refractivity contribution in [2.45, 2.75) is 18.7 Å². The van der Waals surface area contributed by atoms with Crippen LogP contribution in [0.2, 0.25) is 0 Å². The minimum Gasteiger partial charge on any atom is -0.393 e. The molecule has 1 atom stereocenters. The van der Waals surface area contributed by atoms with Crippen molar-refractivity contribution in [1.82, 2.24) is 4.31 Å². The molecule has 0 aliphatic rings. The van der Waals surface area contributed by atoms with E-state index in [1.165, 1.54) is 23.5 Å². The van der Waals surface area contributed by atoms with Gasteiger partial charge in [-0.05, 0) is 30.7 Å². The van der Waals surface area contributed by atoms with Crippen LogP contribution in [-0.2, 0) is 10.0 Å². The molecule has 0 aliphatic carbocycles. The maximum atomic E-state index is 13.0. The highest BCUT2D eigenvalue weighted by Gasteiger charge is 2.24. The molecule has 0 heterocycles. The van der Waals surface area contributed by atoms with E-state index in [-0.39, 0.29) is 22.3 Å². The van der Waals surface area contributed by atoms with Gasteiger partial charge in [-0.25, -0.2) is 17.1 Å². The van der Waals surface area contributed by atoms with Gasteiger partial charge in [0.15, 0.2) is 0 Å². The summed E-state index contributed by atoms with van der Waals surface area (Å²) in [6, 6.07) is 3.59. The molecule has 0 radical (unpaired) electrons. The molecule has 7 heteroatoms. The first-order valence-corrected chi connectivity index (χ1v) is 7.53. The summed E-state index contributed by atoms with van der Waals surface area (Å²) in [5.41, 5.74) is 5.85.